The molecule has 2 N–H and O–H groups in total. The lowest BCUT2D eigenvalue weighted by Crippen LogP contribution is -2.43. The van der Waals surface area contributed by atoms with Crippen LogP contribution in [0.25, 0.3) is 12.2 Å². The molecule has 2 fully saturated rings. The van der Waals surface area contributed by atoms with Gasteiger partial charge in [0.2, 0.25) is 11.8 Å². The van der Waals surface area contributed by atoms with Gasteiger partial charge in [0, 0.05) is 35.6 Å². The monoisotopic (exact) mass is 612 g/mol. The van der Waals surface area contributed by atoms with Gasteiger partial charge >= 0.3 is 0 Å². The number of anilines is 2. The fourth-order valence-corrected chi connectivity index (χ4v) is 6.06. The van der Waals surface area contributed by atoms with E-state index in [-0.39, 0.29) is 23.6 Å². The lowest BCUT2D eigenvalue weighted by atomic mass is 10.1. The molecular formula is C38H36N4O4. The van der Waals surface area contributed by atoms with Crippen molar-refractivity contribution in [1.82, 2.24) is 9.80 Å². The predicted molar refractivity (Wildman–Crippen MR) is 180 cm³/mol. The van der Waals surface area contributed by atoms with Crippen LogP contribution in [0.2, 0.25) is 0 Å². The van der Waals surface area contributed by atoms with Crippen LogP contribution in [0.3, 0.4) is 0 Å². The van der Waals surface area contributed by atoms with Crippen LogP contribution in [0.15, 0.2) is 109 Å². The van der Waals surface area contributed by atoms with E-state index in [4.69, 9.17) is 0 Å². The number of hydrogen-bond donors (Lipinski definition) is 2. The molecule has 4 aromatic rings. The van der Waals surface area contributed by atoms with Crippen molar-refractivity contribution in [2.75, 3.05) is 23.7 Å². The van der Waals surface area contributed by atoms with Gasteiger partial charge in [-0.2, -0.15) is 0 Å². The molecule has 0 bridgehead atoms. The first-order valence-electron chi connectivity index (χ1n) is 15.7. The van der Waals surface area contributed by atoms with Gasteiger partial charge in [0.05, 0.1) is 0 Å². The van der Waals surface area contributed by atoms with Gasteiger partial charge in [-0.25, -0.2) is 0 Å². The summed E-state index contributed by atoms with van der Waals surface area (Å²) in [5.74, 6) is -0.601. The molecule has 2 saturated heterocycles. The summed E-state index contributed by atoms with van der Waals surface area (Å²) in [6.45, 7) is 1.13. The normalized spacial score (nSPS) is 17.7. The molecule has 0 radical (unpaired) electrons. The third kappa shape index (κ3) is 7.07. The summed E-state index contributed by atoms with van der Waals surface area (Å²) in [4.78, 5) is 55.4. The topological polar surface area (TPSA) is 98.8 Å². The first-order chi connectivity index (χ1) is 22.5. The van der Waals surface area contributed by atoms with Crippen molar-refractivity contribution < 1.29 is 19.2 Å². The third-order valence-corrected chi connectivity index (χ3v) is 8.50. The fourth-order valence-electron chi connectivity index (χ4n) is 6.06. The quantitative estimate of drug-likeness (QED) is 0.227. The van der Waals surface area contributed by atoms with E-state index in [1.807, 2.05) is 97.1 Å². The lowest BCUT2D eigenvalue weighted by molar-refractivity contribution is -0.120. The smallest absolute Gasteiger partial charge is 0.254 e. The number of carbonyl (C=O) groups is 4. The lowest BCUT2D eigenvalue weighted by Gasteiger charge is -2.24. The Bertz CT molecular complexity index is 1590. The van der Waals surface area contributed by atoms with Crippen molar-refractivity contribution in [2.45, 2.75) is 37.8 Å². The molecule has 6 rings (SSSR count). The van der Waals surface area contributed by atoms with E-state index in [1.165, 1.54) is 0 Å². The predicted octanol–water partition coefficient (Wildman–Crippen LogP) is 6.34. The van der Waals surface area contributed by atoms with Gasteiger partial charge in [-0.3, -0.25) is 19.2 Å². The molecule has 0 aliphatic carbocycles. The number of hydrogen-bond acceptors (Lipinski definition) is 4. The second-order valence-corrected chi connectivity index (χ2v) is 11.6. The summed E-state index contributed by atoms with van der Waals surface area (Å²) >= 11 is 0. The number of benzene rings is 4. The standard InChI is InChI=1S/C38H36N4O4/c43-35(33-13-7-25-41(33)37(45)29-9-3-1-4-10-29)39-31-21-17-27(18-22-31)15-16-28-19-23-32(24-20-28)40-36(44)34-14-8-26-42(34)38(46)30-11-5-2-6-12-30/h1-6,9-12,15-24,33-34H,7-8,13-14,25-26H2,(H,39,43)(H,40,44)/b16-15+/t33-,34-/m1/s1. The van der Waals surface area contributed by atoms with E-state index < -0.39 is 12.1 Å². The van der Waals surface area contributed by atoms with Gasteiger partial charge in [0.15, 0.2) is 0 Å². The van der Waals surface area contributed by atoms with Gasteiger partial charge < -0.3 is 20.4 Å². The van der Waals surface area contributed by atoms with E-state index >= 15 is 0 Å². The Morgan fingerprint density at radius 3 is 1.26 bits per heavy atom. The van der Waals surface area contributed by atoms with Crippen molar-refractivity contribution >= 4 is 47.2 Å². The molecule has 0 unspecified atom stereocenters. The van der Waals surface area contributed by atoms with E-state index in [0.717, 1.165) is 24.0 Å². The number of nitrogens with zero attached hydrogens (tertiary/aromatic N) is 2. The van der Waals surface area contributed by atoms with Crippen molar-refractivity contribution in [3.63, 3.8) is 0 Å². The van der Waals surface area contributed by atoms with Crippen LogP contribution in [0.4, 0.5) is 11.4 Å². The first-order valence-corrected chi connectivity index (χ1v) is 15.7. The maximum absolute atomic E-state index is 13.1. The number of amides is 4. The van der Waals surface area contributed by atoms with E-state index in [0.29, 0.717) is 48.4 Å². The fraction of sp³-hybridized carbons (Fsp3) is 0.211. The maximum Gasteiger partial charge on any atom is 0.254 e. The highest BCUT2D eigenvalue weighted by molar-refractivity contribution is 6.02. The van der Waals surface area contributed by atoms with Crippen molar-refractivity contribution in [2.24, 2.45) is 0 Å². The molecule has 46 heavy (non-hydrogen) atoms. The average molecular weight is 613 g/mol. The molecule has 2 aliphatic rings. The maximum atomic E-state index is 13.1. The highest BCUT2D eigenvalue weighted by Crippen LogP contribution is 2.24. The van der Waals surface area contributed by atoms with Crippen molar-refractivity contribution in [1.29, 1.82) is 0 Å². The summed E-state index contributed by atoms with van der Waals surface area (Å²) in [6.07, 6.45) is 6.82. The van der Waals surface area contributed by atoms with Crippen LogP contribution < -0.4 is 10.6 Å². The van der Waals surface area contributed by atoms with Crippen LogP contribution in [0, 0.1) is 0 Å². The van der Waals surface area contributed by atoms with Crippen molar-refractivity contribution in [3.05, 3.63) is 131 Å². The Morgan fingerprint density at radius 2 is 0.891 bits per heavy atom. The molecule has 8 nitrogen and oxygen atoms in total. The molecule has 0 saturated carbocycles. The Kier molecular flexibility index (Phi) is 9.34. The first kappa shape index (κ1) is 30.5. The average Bonchev–Trinajstić information content (AvgIpc) is 3.80. The van der Waals surface area contributed by atoms with Crippen LogP contribution in [-0.2, 0) is 9.59 Å². The Balaban J connectivity index is 1.01. The summed E-state index contributed by atoms with van der Waals surface area (Å²) in [5, 5.41) is 5.93. The van der Waals surface area contributed by atoms with Crippen LogP contribution in [0.1, 0.15) is 57.5 Å². The second kappa shape index (κ2) is 14.1. The zero-order valence-corrected chi connectivity index (χ0v) is 25.5. The SMILES string of the molecule is O=C(Nc1ccc(/C=C/c2ccc(NC(=O)[C@H]3CCCN3C(=O)c3ccccc3)cc2)cc1)[C@H]1CCCN1C(=O)c1ccccc1. The molecule has 2 heterocycles. The third-order valence-electron chi connectivity index (χ3n) is 8.50. The number of carbonyl (C=O) groups excluding carboxylic acids is 4. The molecule has 2 atom stereocenters. The minimum absolute atomic E-state index is 0.120. The summed E-state index contributed by atoms with van der Waals surface area (Å²) in [7, 11) is 0. The zero-order chi connectivity index (χ0) is 31.9. The van der Waals surface area contributed by atoms with Gasteiger partial charge in [-0.15, -0.1) is 0 Å². The highest BCUT2D eigenvalue weighted by Gasteiger charge is 2.35. The van der Waals surface area contributed by atoms with Gasteiger partial charge in [-0.1, -0.05) is 72.8 Å². The second-order valence-electron chi connectivity index (χ2n) is 11.6. The van der Waals surface area contributed by atoms with E-state index in [2.05, 4.69) is 10.6 Å². The molecule has 4 aromatic carbocycles. The van der Waals surface area contributed by atoms with Crippen LogP contribution >= 0.6 is 0 Å². The van der Waals surface area contributed by atoms with Crippen molar-refractivity contribution in [3.8, 4) is 0 Å². The summed E-state index contributed by atoms with van der Waals surface area (Å²) in [5.41, 5.74) is 4.44. The molecule has 8 heteroatoms. The minimum atomic E-state index is -0.492. The molecule has 2 aliphatic heterocycles. The molecular weight excluding hydrogens is 576 g/mol. The zero-order valence-electron chi connectivity index (χ0n) is 25.5. The number of rotatable bonds is 8. The molecule has 0 spiro atoms. The number of nitrogens with one attached hydrogen (secondary N) is 2. The van der Waals surface area contributed by atoms with Gasteiger partial charge in [-0.05, 0) is 85.3 Å². The largest absolute Gasteiger partial charge is 0.327 e. The van der Waals surface area contributed by atoms with Crippen LogP contribution in [0.5, 0.6) is 0 Å². The summed E-state index contributed by atoms with van der Waals surface area (Å²) < 4.78 is 0. The number of likely N-dealkylation sites (tertiary alicyclic amines) is 2. The van der Waals surface area contributed by atoms with Gasteiger partial charge in [0.1, 0.15) is 12.1 Å². The molecule has 232 valence electrons. The van der Waals surface area contributed by atoms with Gasteiger partial charge in [0.25, 0.3) is 11.8 Å². The van der Waals surface area contributed by atoms with E-state index in [9.17, 15) is 19.2 Å². The molecule has 0 aromatic heterocycles. The Morgan fingerprint density at radius 1 is 0.522 bits per heavy atom. The Hall–Kier alpha value is -5.50. The van der Waals surface area contributed by atoms with Crippen LogP contribution in [-0.4, -0.2) is 58.6 Å². The highest BCUT2D eigenvalue weighted by atomic mass is 16.2. The minimum Gasteiger partial charge on any atom is -0.327 e. The molecule has 4 amide bonds. The summed E-state index contributed by atoms with van der Waals surface area (Å²) in [6, 6.07) is 32.2. The Labute approximate surface area is 268 Å². The van der Waals surface area contributed by atoms with E-state index in [1.54, 1.807) is 34.1 Å².